The lowest BCUT2D eigenvalue weighted by Crippen LogP contribution is -2.64. The number of carbonyl (C=O) groups excluding carboxylic acids is 2. The molecule has 3 atom stereocenters. The largest absolute Gasteiger partial charge is 0.353 e. The van der Waals surface area contributed by atoms with Gasteiger partial charge in [0.1, 0.15) is 0 Å². The number of nitrogens with one attached hydrogen (secondary N) is 2. The van der Waals surface area contributed by atoms with Crippen LogP contribution in [0.2, 0.25) is 0 Å². The zero-order chi connectivity index (χ0) is 18.2. The van der Waals surface area contributed by atoms with Crippen molar-refractivity contribution in [1.82, 2.24) is 10.6 Å². The minimum atomic E-state index is -0.390. The Morgan fingerprint density at radius 2 is 1.65 bits per heavy atom. The van der Waals surface area contributed by atoms with E-state index in [2.05, 4.69) is 44.9 Å². The van der Waals surface area contributed by atoms with Gasteiger partial charge in [-0.25, -0.2) is 0 Å². The van der Waals surface area contributed by atoms with E-state index in [0.29, 0.717) is 11.5 Å². The maximum Gasteiger partial charge on any atom is 0.246 e. The van der Waals surface area contributed by atoms with Gasteiger partial charge in [-0.15, -0.1) is 0 Å². The van der Waals surface area contributed by atoms with Gasteiger partial charge in [0, 0.05) is 22.6 Å². The molecule has 4 heteroatoms. The van der Waals surface area contributed by atoms with Crippen LogP contribution in [0.4, 0.5) is 0 Å². The topological polar surface area (TPSA) is 58.2 Å². The van der Waals surface area contributed by atoms with Crippen LogP contribution in [0.25, 0.3) is 0 Å². The quantitative estimate of drug-likeness (QED) is 0.782. The third-order valence-electron chi connectivity index (χ3n) is 5.42. The lowest BCUT2D eigenvalue weighted by molar-refractivity contribution is -0.131. The zero-order valence-corrected chi connectivity index (χ0v) is 16.1. The molecule has 0 aromatic heterocycles. The molecule has 1 aliphatic rings. The highest BCUT2D eigenvalue weighted by Gasteiger charge is 2.50. The van der Waals surface area contributed by atoms with Crippen LogP contribution in [0.3, 0.4) is 0 Å². The summed E-state index contributed by atoms with van der Waals surface area (Å²) in [6, 6.07) is 0.131. The summed E-state index contributed by atoms with van der Waals surface area (Å²) in [7, 11) is 0. The van der Waals surface area contributed by atoms with Crippen LogP contribution < -0.4 is 10.6 Å². The Kier molecular flexibility index (Phi) is 5.40. The molecule has 4 nitrogen and oxygen atoms in total. The first kappa shape index (κ1) is 19.7. The van der Waals surface area contributed by atoms with E-state index >= 15 is 0 Å². The predicted octanol–water partition coefficient (Wildman–Crippen LogP) is 3.42. The van der Waals surface area contributed by atoms with Crippen LogP contribution in [0.5, 0.6) is 0 Å². The summed E-state index contributed by atoms with van der Waals surface area (Å²) in [5, 5.41) is 6.38. The third-order valence-corrected chi connectivity index (χ3v) is 5.42. The van der Waals surface area contributed by atoms with Crippen LogP contribution in [0.15, 0.2) is 12.2 Å². The number of carbonyl (C=O) groups is 2. The fraction of sp³-hybridized carbons (Fsp3) is 0.789. The Bertz CT molecular complexity index is 502. The van der Waals surface area contributed by atoms with Crippen molar-refractivity contribution in [3.63, 3.8) is 0 Å². The molecule has 0 saturated heterocycles. The van der Waals surface area contributed by atoms with Crippen LogP contribution in [0, 0.1) is 16.7 Å². The Balaban J connectivity index is 2.93. The molecule has 2 amide bonds. The van der Waals surface area contributed by atoms with Crippen molar-refractivity contribution >= 4 is 11.8 Å². The Morgan fingerprint density at radius 3 is 2.09 bits per heavy atom. The molecule has 2 N–H and O–H groups in total. The molecular formula is C19H34N2O2. The van der Waals surface area contributed by atoms with Crippen LogP contribution >= 0.6 is 0 Å². The number of hydrogen-bond acceptors (Lipinski definition) is 2. The van der Waals surface area contributed by atoms with E-state index < -0.39 is 5.41 Å². The van der Waals surface area contributed by atoms with E-state index in [1.54, 1.807) is 6.92 Å². The van der Waals surface area contributed by atoms with Gasteiger partial charge in [0.25, 0.3) is 0 Å². The predicted molar refractivity (Wildman–Crippen MR) is 94.9 cm³/mol. The summed E-state index contributed by atoms with van der Waals surface area (Å²) in [5.41, 5.74) is -0.303. The van der Waals surface area contributed by atoms with Crippen molar-refractivity contribution < 1.29 is 9.59 Å². The van der Waals surface area contributed by atoms with Crippen molar-refractivity contribution in [2.75, 3.05) is 0 Å². The fourth-order valence-electron chi connectivity index (χ4n) is 3.19. The van der Waals surface area contributed by atoms with Gasteiger partial charge in [-0.3, -0.25) is 9.59 Å². The molecule has 1 saturated carbocycles. The van der Waals surface area contributed by atoms with Gasteiger partial charge in [-0.2, -0.15) is 0 Å². The first-order valence-electron chi connectivity index (χ1n) is 8.48. The maximum atomic E-state index is 12.3. The van der Waals surface area contributed by atoms with Crippen molar-refractivity contribution in [2.24, 2.45) is 16.7 Å². The summed E-state index contributed by atoms with van der Waals surface area (Å²) in [5.74, 6) is 0.287. The molecule has 0 bridgehead atoms. The second-order valence-corrected chi connectivity index (χ2v) is 9.17. The van der Waals surface area contributed by atoms with E-state index in [0.717, 1.165) is 12.8 Å². The van der Waals surface area contributed by atoms with Gasteiger partial charge in [-0.05, 0) is 38.0 Å². The molecule has 1 fully saturated rings. The van der Waals surface area contributed by atoms with Crippen LogP contribution in [0.1, 0.15) is 68.2 Å². The van der Waals surface area contributed by atoms with E-state index in [1.165, 1.54) is 0 Å². The van der Waals surface area contributed by atoms with Crippen LogP contribution in [-0.2, 0) is 9.59 Å². The summed E-state index contributed by atoms with van der Waals surface area (Å²) in [6.07, 6.45) is 1.66. The summed E-state index contributed by atoms with van der Waals surface area (Å²) < 4.78 is 0. The number of hydrogen-bond donors (Lipinski definition) is 2. The Morgan fingerprint density at radius 1 is 1.13 bits per heavy atom. The minimum absolute atomic E-state index is 0.0831. The lowest BCUT2D eigenvalue weighted by Gasteiger charge is -2.53. The average Bonchev–Trinajstić information content (AvgIpc) is 2.34. The Labute approximate surface area is 141 Å². The lowest BCUT2D eigenvalue weighted by atomic mass is 9.59. The molecular weight excluding hydrogens is 288 g/mol. The smallest absolute Gasteiger partial charge is 0.246 e. The van der Waals surface area contributed by atoms with Gasteiger partial charge in [-0.1, -0.05) is 48.1 Å². The van der Waals surface area contributed by atoms with Gasteiger partial charge in [0.15, 0.2) is 0 Å². The van der Waals surface area contributed by atoms with Crippen molar-refractivity contribution in [3.05, 3.63) is 12.2 Å². The highest BCUT2D eigenvalue weighted by molar-refractivity contribution is 5.92. The van der Waals surface area contributed by atoms with Gasteiger partial charge >= 0.3 is 0 Å². The molecule has 0 aliphatic heterocycles. The summed E-state index contributed by atoms with van der Waals surface area (Å²) in [4.78, 5) is 24.4. The standard InChI is InChI=1S/C19H34N2O2/c1-12(2)15(22)21-19(9)10-13(3)14(11-18(19,7)8)20-16(23)17(4,5)6/h13-14H,1,10-11H2,2-9H3,(H,20,23)(H,21,22). The van der Waals surface area contributed by atoms with Crippen molar-refractivity contribution in [3.8, 4) is 0 Å². The normalized spacial score (nSPS) is 30.4. The fourth-order valence-corrected chi connectivity index (χ4v) is 3.19. The average molecular weight is 322 g/mol. The SMILES string of the molecule is C=C(C)C(=O)NC1(C)CC(C)C(NC(=O)C(C)(C)C)CC1(C)C. The van der Waals surface area contributed by atoms with Crippen LogP contribution in [-0.4, -0.2) is 23.4 Å². The van der Waals surface area contributed by atoms with E-state index in [9.17, 15) is 9.59 Å². The molecule has 132 valence electrons. The molecule has 1 aliphatic carbocycles. The second-order valence-electron chi connectivity index (χ2n) is 9.17. The first-order chi connectivity index (χ1) is 10.2. The molecule has 23 heavy (non-hydrogen) atoms. The third kappa shape index (κ3) is 4.36. The molecule has 0 aromatic rings. The summed E-state index contributed by atoms with van der Waals surface area (Å²) >= 11 is 0. The van der Waals surface area contributed by atoms with E-state index in [4.69, 9.17) is 0 Å². The monoisotopic (exact) mass is 322 g/mol. The molecule has 0 heterocycles. The zero-order valence-electron chi connectivity index (χ0n) is 16.1. The molecule has 0 spiro atoms. The van der Waals surface area contributed by atoms with E-state index in [1.807, 2.05) is 20.8 Å². The van der Waals surface area contributed by atoms with Gasteiger partial charge in [0.05, 0.1) is 0 Å². The molecule has 0 radical (unpaired) electrons. The summed E-state index contributed by atoms with van der Waals surface area (Å²) in [6.45, 7) is 19.8. The minimum Gasteiger partial charge on any atom is -0.353 e. The maximum absolute atomic E-state index is 12.3. The van der Waals surface area contributed by atoms with Gasteiger partial charge < -0.3 is 10.6 Å². The van der Waals surface area contributed by atoms with Crippen molar-refractivity contribution in [2.45, 2.75) is 79.8 Å². The highest BCUT2D eigenvalue weighted by Crippen LogP contribution is 2.46. The first-order valence-corrected chi connectivity index (χ1v) is 8.48. The Hall–Kier alpha value is -1.32. The molecule has 0 aromatic carbocycles. The molecule has 3 unspecified atom stereocenters. The molecule has 1 rings (SSSR count). The highest BCUT2D eigenvalue weighted by atomic mass is 16.2. The van der Waals surface area contributed by atoms with E-state index in [-0.39, 0.29) is 28.8 Å². The number of rotatable bonds is 3. The number of amides is 2. The van der Waals surface area contributed by atoms with Crippen molar-refractivity contribution in [1.29, 1.82) is 0 Å². The second kappa shape index (κ2) is 6.29. The van der Waals surface area contributed by atoms with Gasteiger partial charge in [0.2, 0.25) is 11.8 Å².